The van der Waals surface area contributed by atoms with Crippen molar-refractivity contribution >= 4 is 11.8 Å². The van der Waals surface area contributed by atoms with Crippen molar-refractivity contribution in [3.05, 3.63) is 0 Å². The van der Waals surface area contributed by atoms with Gasteiger partial charge in [0.2, 0.25) is 11.8 Å². The van der Waals surface area contributed by atoms with E-state index in [2.05, 4.69) is 18.7 Å². The fourth-order valence-electron chi connectivity index (χ4n) is 2.86. The molecule has 0 bridgehead atoms. The van der Waals surface area contributed by atoms with Crippen LogP contribution in [0.15, 0.2) is 0 Å². The van der Waals surface area contributed by atoms with E-state index in [4.69, 9.17) is 5.73 Å². The summed E-state index contributed by atoms with van der Waals surface area (Å²) < 4.78 is 0. The van der Waals surface area contributed by atoms with Crippen LogP contribution in [0.1, 0.15) is 47.5 Å². The van der Waals surface area contributed by atoms with Gasteiger partial charge < -0.3 is 10.6 Å². The monoisotopic (exact) mass is 297 g/mol. The van der Waals surface area contributed by atoms with Gasteiger partial charge in [-0.15, -0.1) is 0 Å². The summed E-state index contributed by atoms with van der Waals surface area (Å²) in [6, 6.07) is 0.284. The quantitative estimate of drug-likeness (QED) is 0.835. The fourth-order valence-corrected chi connectivity index (χ4v) is 2.86. The maximum atomic E-state index is 12.4. The molecule has 1 rings (SSSR count). The van der Waals surface area contributed by atoms with Crippen molar-refractivity contribution in [2.45, 2.75) is 53.5 Å². The van der Waals surface area contributed by atoms with Gasteiger partial charge in [0.15, 0.2) is 0 Å². The molecule has 0 saturated carbocycles. The summed E-state index contributed by atoms with van der Waals surface area (Å²) in [5, 5.41) is 0. The third-order valence-electron chi connectivity index (χ3n) is 4.03. The van der Waals surface area contributed by atoms with Gasteiger partial charge in [-0.05, 0) is 32.6 Å². The first-order chi connectivity index (χ1) is 9.61. The lowest BCUT2D eigenvalue weighted by atomic mass is 9.91. The number of amides is 2. The summed E-state index contributed by atoms with van der Waals surface area (Å²) in [5.41, 5.74) is 5.00. The van der Waals surface area contributed by atoms with Crippen molar-refractivity contribution in [3.8, 4) is 0 Å². The van der Waals surface area contributed by atoms with Crippen LogP contribution in [0.2, 0.25) is 0 Å². The highest BCUT2D eigenvalue weighted by Gasteiger charge is 2.31. The maximum Gasteiger partial charge on any atom is 0.231 e. The van der Waals surface area contributed by atoms with Crippen LogP contribution in [0.3, 0.4) is 0 Å². The fraction of sp³-hybridized carbons (Fsp3) is 0.875. The summed E-state index contributed by atoms with van der Waals surface area (Å²) in [6.07, 6.45) is 2.14. The van der Waals surface area contributed by atoms with Gasteiger partial charge in [-0.1, -0.05) is 20.8 Å². The highest BCUT2D eigenvalue weighted by molar-refractivity contribution is 5.81. The number of piperidine rings is 1. The molecule has 0 aromatic rings. The third kappa shape index (κ3) is 5.65. The number of hydrogen-bond donors (Lipinski definition) is 1. The normalized spacial score (nSPS) is 20.1. The Morgan fingerprint density at radius 1 is 1.33 bits per heavy atom. The lowest BCUT2D eigenvalue weighted by Gasteiger charge is -2.39. The number of hydrogen-bond acceptors (Lipinski definition) is 3. The zero-order valence-corrected chi connectivity index (χ0v) is 14.2. The highest BCUT2D eigenvalue weighted by atomic mass is 16.2. The van der Waals surface area contributed by atoms with E-state index in [1.807, 2.05) is 25.7 Å². The Morgan fingerprint density at radius 2 is 1.95 bits per heavy atom. The van der Waals surface area contributed by atoms with E-state index in [1.165, 1.54) is 0 Å². The lowest BCUT2D eigenvalue weighted by Crippen LogP contribution is -2.49. The Labute approximate surface area is 128 Å². The standard InChI is InChI=1S/C16H31N3O2/c1-12(2)19(11-14(17)20)10-13-7-6-8-18(9-13)15(21)16(3,4)5/h12-13H,6-11H2,1-5H3,(H2,17,20)/t13-/m0/s1. The summed E-state index contributed by atoms with van der Waals surface area (Å²) in [4.78, 5) is 27.7. The van der Waals surface area contributed by atoms with Gasteiger partial charge in [0, 0.05) is 31.1 Å². The van der Waals surface area contributed by atoms with Gasteiger partial charge in [-0.25, -0.2) is 0 Å². The van der Waals surface area contributed by atoms with Gasteiger partial charge in [0.05, 0.1) is 6.54 Å². The van der Waals surface area contributed by atoms with Gasteiger partial charge in [0.25, 0.3) is 0 Å². The Hall–Kier alpha value is -1.10. The molecule has 1 atom stereocenters. The van der Waals surface area contributed by atoms with E-state index in [1.54, 1.807) is 0 Å². The zero-order valence-electron chi connectivity index (χ0n) is 14.2. The van der Waals surface area contributed by atoms with Crippen LogP contribution in [0.4, 0.5) is 0 Å². The van der Waals surface area contributed by atoms with Crippen LogP contribution in [-0.2, 0) is 9.59 Å². The summed E-state index contributed by atoms with van der Waals surface area (Å²) in [5.74, 6) is 0.354. The first-order valence-corrected chi connectivity index (χ1v) is 7.93. The molecule has 1 saturated heterocycles. The zero-order chi connectivity index (χ0) is 16.2. The molecule has 5 heteroatoms. The van der Waals surface area contributed by atoms with Gasteiger partial charge in [0.1, 0.15) is 0 Å². The minimum absolute atomic E-state index is 0.221. The Morgan fingerprint density at radius 3 is 2.43 bits per heavy atom. The molecule has 5 nitrogen and oxygen atoms in total. The van der Waals surface area contributed by atoms with Gasteiger partial charge in [-0.3, -0.25) is 14.5 Å². The Balaban J connectivity index is 2.63. The molecular weight excluding hydrogens is 266 g/mol. The average Bonchev–Trinajstić information content (AvgIpc) is 2.35. The van der Waals surface area contributed by atoms with Crippen molar-refractivity contribution in [1.82, 2.24) is 9.80 Å². The molecule has 1 heterocycles. The number of rotatable bonds is 5. The number of carbonyl (C=O) groups is 2. The van der Waals surface area contributed by atoms with Crippen molar-refractivity contribution < 1.29 is 9.59 Å². The second kappa shape index (κ2) is 7.25. The minimum Gasteiger partial charge on any atom is -0.369 e. The second-order valence-electron chi connectivity index (χ2n) is 7.50. The maximum absolute atomic E-state index is 12.4. The molecule has 0 aromatic carbocycles. The molecule has 122 valence electrons. The Bertz CT molecular complexity index is 374. The topological polar surface area (TPSA) is 66.6 Å². The van der Waals surface area contributed by atoms with E-state index < -0.39 is 0 Å². The SMILES string of the molecule is CC(C)N(CC(N)=O)C[C@H]1CCCN(C(=O)C(C)(C)C)C1. The molecule has 0 spiro atoms. The highest BCUT2D eigenvalue weighted by Crippen LogP contribution is 2.24. The van der Waals surface area contributed by atoms with Crippen molar-refractivity contribution in [3.63, 3.8) is 0 Å². The number of likely N-dealkylation sites (tertiary alicyclic amines) is 1. The first-order valence-electron chi connectivity index (χ1n) is 7.93. The van der Waals surface area contributed by atoms with Crippen LogP contribution >= 0.6 is 0 Å². The van der Waals surface area contributed by atoms with E-state index in [-0.39, 0.29) is 23.3 Å². The van der Waals surface area contributed by atoms with E-state index in [0.717, 1.165) is 32.5 Å². The molecule has 1 aliphatic heterocycles. The Kier molecular flexibility index (Phi) is 6.20. The summed E-state index contributed by atoms with van der Waals surface area (Å²) >= 11 is 0. The second-order valence-corrected chi connectivity index (χ2v) is 7.50. The molecule has 0 radical (unpaired) electrons. The molecule has 2 amide bonds. The molecule has 0 aliphatic carbocycles. The predicted octanol–water partition coefficient (Wildman–Crippen LogP) is 1.47. The smallest absolute Gasteiger partial charge is 0.231 e. The molecular formula is C16H31N3O2. The van der Waals surface area contributed by atoms with Crippen molar-refractivity contribution in [2.75, 3.05) is 26.2 Å². The molecule has 0 unspecified atom stereocenters. The molecule has 1 fully saturated rings. The lowest BCUT2D eigenvalue weighted by molar-refractivity contribution is -0.141. The van der Waals surface area contributed by atoms with Crippen LogP contribution in [0.5, 0.6) is 0 Å². The largest absolute Gasteiger partial charge is 0.369 e. The third-order valence-corrected chi connectivity index (χ3v) is 4.03. The first kappa shape index (κ1) is 18.0. The van der Waals surface area contributed by atoms with Crippen LogP contribution in [0.25, 0.3) is 0 Å². The summed E-state index contributed by atoms with van der Waals surface area (Å²) in [6.45, 7) is 12.8. The molecule has 1 aliphatic rings. The number of carbonyl (C=O) groups excluding carboxylic acids is 2. The molecule has 21 heavy (non-hydrogen) atoms. The molecule has 2 N–H and O–H groups in total. The van der Waals surface area contributed by atoms with Crippen molar-refractivity contribution in [2.24, 2.45) is 17.1 Å². The van der Waals surface area contributed by atoms with E-state index in [0.29, 0.717) is 12.5 Å². The van der Waals surface area contributed by atoms with E-state index >= 15 is 0 Å². The average molecular weight is 297 g/mol. The predicted molar refractivity (Wildman–Crippen MR) is 84.7 cm³/mol. The number of nitrogens with zero attached hydrogens (tertiary/aromatic N) is 2. The minimum atomic E-state index is -0.327. The van der Waals surface area contributed by atoms with Crippen LogP contribution in [-0.4, -0.2) is 53.8 Å². The van der Waals surface area contributed by atoms with Crippen LogP contribution in [0, 0.1) is 11.3 Å². The number of nitrogens with two attached hydrogens (primary N) is 1. The van der Waals surface area contributed by atoms with Crippen LogP contribution < -0.4 is 5.73 Å². The summed E-state index contributed by atoms with van der Waals surface area (Å²) in [7, 11) is 0. The van der Waals surface area contributed by atoms with Gasteiger partial charge in [-0.2, -0.15) is 0 Å². The van der Waals surface area contributed by atoms with Crippen molar-refractivity contribution in [1.29, 1.82) is 0 Å². The van der Waals surface area contributed by atoms with E-state index in [9.17, 15) is 9.59 Å². The number of primary amides is 1. The molecule has 0 aromatic heterocycles. The van der Waals surface area contributed by atoms with Gasteiger partial charge >= 0.3 is 0 Å².